The van der Waals surface area contributed by atoms with Gasteiger partial charge in [-0.15, -0.1) is 11.3 Å². The molecule has 4 nitrogen and oxygen atoms in total. The van der Waals surface area contributed by atoms with E-state index in [9.17, 15) is 0 Å². The van der Waals surface area contributed by atoms with Gasteiger partial charge in [-0.05, 0) is 22.9 Å². The second-order valence-electron chi connectivity index (χ2n) is 3.34. The number of hydrogen-bond donors (Lipinski definition) is 1. The predicted octanol–water partition coefficient (Wildman–Crippen LogP) is 2.44. The summed E-state index contributed by atoms with van der Waals surface area (Å²) in [6.45, 7) is -0.121. The van der Waals surface area contributed by atoms with Crippen molar-refractivity contribution in [3.63, 3.8) is 0 Å². The maximum atomic E-state index is 8.93. The summed E-state index contributed by atoms with van der Waals surface area (Å²) in [5, 5.41) is 15.8. The smallest absolute Gasteiger partial charge is 0.187 e. The van der Waals surface area contributed by atoms with Crippen LogP contribution in [0.5, 0.6) is 0 Å². The molecule has 3 aromatic rings. The van der Waals surface area contributed by atoms with E-state index in [1.807, 2.05) is 17.5 Å². The molecule has 0 bridgehead atoms. The minimum absolute atomic E-state index is 0.121. The molecule has 3 rings (SSSR count). The van der Waals surface area contributed by atoms with Gasteiger partial charge < -0.3 is 9.63 Å². The standard InChI is InChI=1S/C11H8N2O2S/c14-6-8-5-9(15-13-8)10-11-7(1-3-12-10)2-4-16-11/h1-5,14H,6H2. The molecule has 1 N–H and O–H groups in total. The van der Waals surface area contributed by atoms with E-state index < -0.39 is 0 Å². The summed E-state index contributed by atoms with van der Waals surface area (Å²) in [7, 11) is 0. The molecule has 3 heterocycles. The molecular formula is C11H8N2O2S. The number of rotatable bonds is 2. The summed E-state index contributed by atoms with van der Waals surface area (Å²) in [4.78, 5) is 4.29. The lowest BCUT2D eigenvalue weighted by atomic mass is 10.2. The summed E-state index contributed by atoms with van der Waals surface area (Å²) in [5.74, 6) is 0.595. The highest BCUT2D eigenvalue weighted by atomic mass is 32.1. The van der Waals surface area contributed by atoms with Gasteiger partial charge in [0.2, 0.25) is 0 Å². The number of fused-ring (bicyclic) bond motifs is 1. The van der Waals surface area contributed by atoms with Crippen LogP contribution < -0.4 is 0 Å². The first-order chi connectivity index (χ1) is 7.88. The third-order valence-corrected chi connectivity index (χ3v) is 3.26. The van der Waals surface area contributed by atoms with Crippen LogP contribution in [-0.2, 0) is 6.61 Å². The second-order valence-corrected chi connectivity index (χ2v) is 4.26. The molecule has 0 spiro atoms. The van der Waals surface area contributed by atoms with Gasteiger partial charge in [0, 0.05) is 12.3 Å². The van der Waals surface area contributed by atoms with Gasteiger partial charge in [-0.2, -0.15) is 0 Å². The van der Waals surface area contributed by atoms with Crippen LogP contribution in [0.2, 0.25) is 0 Å². The van der Waals surface area contributed by atoms with Crippen molar-refractivity contribution in [1.82, 2.24) is 10.1 Å². The average molecular weight is 232 g/mol. The van der Waals surface area contributed by atoms with Crippen LogP contribution in [0.25, 0.3) is 21.5 Å². The van der Waals surface area contributed by atoms with E-state index >= 15 is 0 Å². The minimum atomic E-state index is -0.121. The molecule has 0 amide bonds. The van der Waals surface area contributed by atoms with Gasteiger partial charge in [0.25, 0.3) is 0 Å². The van der Waals surface area contributed by atoms with E-state index in [0.29, 0.717) is 11.5 Å². The fraction of sp³-hybridized carbons (Fsp3) is 0.0909. The summed E-state index contributed by atoms with van der Waals surface area (Å²) in [6.07, 6.45) is 1.74. The van der Waals surface area contributed by atoms with E-state index in [4.69, 9.17) is 9.63 Å². The molecule has 0 radical (unpaired) electrons. The molecule has 0 fully saturated rings. The number of thiophene rings is 1. The zero-order valence-corrected chi connectivity index (χ0v) is 9.07. The van der Waals surface area contributed by atoms with Gasteiger partial charge in [0.1, 0.15) is 11.4 Å². The molecule has 0 aliphatic rings. The van der Waals surface area contributed by atoms with Crippen LogP contribution >= 0.6 is 11.3 Å². The molecule has 3 aromatic heterocycles. The van der Waals surface area contributed by atoms with Crippen molar-refractivity contribution >= 4 is 21.4 Å². The van der Waals surface area contributed by atoms with E-state index in [1.54, 1.807) is 23.6 Å². The lowest BCUT2D eigenvalue weighted by Gasteiger charge is -1.95. The molecule has 0 atom stereocenters. The summed E-state index contributed by atoms with van der Waals surface area (Å²) in [5.41, 5.74) is 1.30. The predicted molar refractivity (Wildman–Crippen MR) is 61.0 cm³/mol. The SMILES string of the molecule is OCc1cc(-c2nccc3ccsc23)on1. The average Bonchev–Trinajstić information content (AvgIpc) is 2.97. The molecule has 0 aliphatic heterocycles. The van der Waals surface area contributed by atoms with E-state index in [1.165, 1.54) is 0 Å². The van der Waals surface area contributed by atoms with Crippen LogP contribution in [0, 0.1) is 0 Å². The molecular weight excluding hydrogens is 224 g/mol. The van der Waals surface area contributed by atoms with Crippen LogP contribution in [0.1, 0.15) is 5.69 Å². The monoisotopic (exact) mass is 232 g/mol. The zero-order chi connectivity index (χ0) is 11.0. The van der Waals surface area contributed by atoms with Crippen LogP contribution in [0.4, 0.5) is 0 Å². The largest absolute Gasteiger partial charge is 0.390 e. The Hall–Kier alpha value is -1.72. The third-order valence-electron chi connectivity index (χ3n) is 2.32. The number of nitrogens with zero attached hydrogens (tertiary/aromatic N) is 2. The van der Waals surface area contributed by atoms with Crippen LogP contribution in [0.3, 0.4) is 0 Å². The number of aliphatic hydroxyl groups is 1. The van der Waals surface area contributed by atoms with Crippen LogP contribution in [-0.4, -0.2) is 15.2 Å². The Balaban J connectivity index is 2.21. The fourth-order valence-corrected chi connectivity index (χ4v) is 2.45. The maximum Gasteiger partial charge on any atom is 0.187 e. The van der Waals surface area contributed by atoms with E-state index in [2.05, 4.69) is 10.1 Å². The van der Waals surface area contributed by atoms with Crippen molar-refractivity contribution in [2.75, 3.05) is 0 Å². The van der Waals surface area contributed by atoms with Gasteiger partial charge in [-0.1, -0.05) is 5.16 Å². The van der Waals surface area contributed by atoms with Crippen molar-refractivity contribution in [3.05, 3.63) is 35.5 Å². The molecule has 80 valence electrons. The Kier molecular flexibility index (Phi) is 2.19. The maximum absolute atomic E-state index is 8.93. The summed E-state index contributed by atoms with van der Waals surface area (Å²) >= 11 is 1.61. The normalized spacial score (nSPS) is 11.1. The minimum Gasteiger partial charge on any atom is -0.390 e. The third kappa shape index (κ3) is 1.41. The fourth-order valence-electron chi connectivity index (χ4n) is 1.57. The van der Waals surface area contributed by atoms with Crippen molar-refractivity contribution in [2.45, 2.75) is 6.61 Å². The highest BCUT2D eigenvalue weighted by molar-refractivity contribution is 7.17. The van der Waals surface area contributed by atoms with Gasteiger partial charge in [-0.25, -0.2) is 0 Å². The number of pyridine rings is 1. The zero-order valence-electron chi connectivity index (χ0n) is 8.25. The molecule has 0 unspecified atom stereocenters. The Morgan fingerprint density at radius 1 is 1.38 bits per heavy atom. The van der Waals surface area contributed by atoms with E-state index in [-0.39, 0.29) is 6.61 Å². The Bertz CT molecular complexity index is 629. The van der Waals surface area contributed by atoms with Gasteiger partial charge >= 0.3 is 0 Å². The number of aromatic nitrogens is 2. The first kappa shape index (κ1) is 9.50. The van der Waals surface area contributed by atoms with Gasteiger partial charge in [-0.3, -0.25) is 4.98 Å². The molecule has 0 saturated heterocycles. The Labute approximate surface area is 95.2 Å². The highest BCUT2D eigenvalue weighted by Crippen LogP contribution is 2.30. The lowest BCUT2D eigenvalue weighted by molar-refractivity contribution is 0.267. The van der Waals surface area contributed by atoms with Gasteiger partial charge in [0.05, 0.1) is 11.3 Å². The molecule has 16 heavy (non-hydrogen) atoms. The second kappa shape index (κ2) is 3.70. The molecule has 5 heteroatoms. The Morgan fingerprint density at radius 2 is 2.31 bits per heavy atom. The topological polar surface area (TPSA) is 59.2 Å². The lowest BCUT2D eigenvalue weighted by Crippen LogP contribution is -1.80. The molecule has 0 aliphatic carbocycles. The quantitative estimate of drug-likeness (QED) is 0.737. The summed E-state index contributed by atoms with van der Waals surface area (Å²) < 4.78 is 6.23. The first-order valence-electron chi connectivity index (χ1n) is 4.77. The summed E-state index contributed by atoms with van der Waals surface area (Å²) in [6, 6.07) is 5.70. The van der Waals surface area contributed by atoms with Crippen molar-refractivity contribution in [1.29, 1.82) is 0 Å². The van der Waals surface area contributed by atoms with E-state index in [0.717, 1.165) is 15.8 Å². The Morgan fingerprint density at radius 3 is 3.12 bits per heavy atom. The molecule has 0 aromatic carbocycles. The van der Waals surface area contributed by atoms with Crippen molar-refractivity contribution in [2.24, 2.45) is 0 Å². The van der Waals surface area contributed by atoms with Gasteiger partial charge in [0.15, 0.2) is 5.76 Å². The number of aliphatic hydroxyl groups excluding tert-OH is 1. The first-order valence-corrected chi connectivity index (χ1v) is 5.65. The van der Waals surface area contributed by atoms with Crippen LogP contribution in [0.15, 0.2) is 34.3 Å². The number of hydrogen-bond acceptors (Lipinski definition) is 5. The molecule has 0 saturated carbocycles. The van der Waals surface area contributed by atoms with Crippen molar-refractivity contribution < 1.29 is 9.63 Å². The van der Waals surface area contributed by atoms with Crippen molar-refractivity contribution in [3.8, 4) is 11.5 Å². The highest BCUT2D eigenvalue weighted by Gasteiger charge is 2.11.